The van der Waals surface area contributed by atoms with Gasteiger partial charge in [-0.2, -0.15) is 0 Å². The van der Waals surface area contributed by atoms with Crippen molar-refractivity contribution in [3.8, 4) is 0 Å². The molecule has 0 saturated heterocycles. The number of benzene rings is 1. The summed E-state index contributed by atoms with van der Waals surface area (Å²) < 4.78 is 4.86. The van der Waals surface area contributed by atoms with Gasteiger partial charge in [-0.1, -0.05) is 6.07 Å². The Balaban J connectivity index is 2.56. The quantitative estimate of drug-likeness (QED) is 0.435. The molecule has 1 aromatic rings. The van der Waals surface area contributed by atoms with E-state index in [9.17, 15) is 19.7 Å². The molecular formula is C14H19N3O5. The maximum Gasteiger partial charge on any atom is 0.270 e. The molecule has 0 radical (unpaired) electrons. The van der Waals surface area contributed by atoms with Crippen molar-refractivity contribution in [3.05, 3.63) is 39.9 Å². The number of methoxy groups -OCH3 is 1. The van der Waals surface area contributed by atoms with Gasteiger partial charge in [-0.15, -0.1) is 0 Å². The highest BCUT2D eigenvalue weighted by Gasteiger charge is 2.17. The predicted molar refractivity (Wildman–Crippen MR) is 79.6 cm³/mol. The van der Waals surface area contributed by atoms with Gasteiger partial charge >= 0.3 is 0 Å². The van der Waals surface area contributed by atoms with Crippen LogP contribution in [-0.2, 0) is 9.53 Å². The summed E-state index contributed by atoms with van der Waals surface area (Å²) in [7, 11) is 3.04. The number of nitrogens with zero attached hydrogens (tertiary/aromatic N) is 2. The third-order valence-corrected chi connectivity index (χ3v) is 2.88. The Kier molecular flexibility index (Phi) is 6.97. The SMILES string of the molecule is COCCCNC(=O)CN(C)C(=O)c1cccc([N+](=O)[O-])c1. The van der Waals surface area contributed by atoms with E-state index in [2.05, 4.69) is 5.32 Å². The Labute approximate surface area is 128 Å². The first kappa shape index (κ1) is 17.6. The molecule has 0 unspecified atom stereocenters. The Morgan fingerprint density at radius 2 is 2.14 bits per heavy atom. The highest BCUT2D eigenvalue weighted by Crippen LogP contribution is 2.14. The summed E-state index contributed by atoms with van der Waals surface area (Å²) >= 11 is 0. The zero-order valence-electron chi connectivity index (χ0n) is 12.6. The molecule has 0 bridgehead atoms. The average Bonchev–Trinajstić information content (AvgIpc) is 2.50. The first-order chi connectivity index (χ1) is 10.5. The van der Waals surface area contributed by atoms with E-state index in [4.69, 9.17) is 4.74 Å². The van der Waals surface area contributed by atoms with Crippen LogP contribution in [0.1, 0.15) is 16.8 Å². The van der Waals surface area contributed by atoms with Crippen LogP contribution in [0.25, 0.3) is 0 Å². The van der Waals surface area contributed by atoms with E-state index in [1.807, 2.05) is 0 Å². The number of hydrogen-bond acceptors (Lipinski definition) is 5. The van der Waals surface area contributed by atoms with Crippen LogP contribution in [0.3, 0.4) is 0 Å². The van der Waals surface area contributed by atoms with Crippen molar-refractivity contribution >= 4 is 17.5 Å². The van der Waals surface area contributed by atoms with Crippen molar-refractivity contribution in [2.45, 2.75) is 6.42 Å². The van der Waals surface area contributed by atoms with Crippen LogP contribution in [0.5, 0.6) is 0 Å². The predicted octanol–water partition coefficient (Wildman–Crippen LogP) is 0.820. The maximum atomic E-state index is 12.1. The zero-order valence-corrected chi connectivity index (χ0v) is 12.6. The summed E-state index contributed by atoms with van der Waals surface area (Å²) in [4.78, 5) is 35.2. The summed E-state index contributed by atoms with van der Waals surface area (Å²) in [6.45, 7) is 0.892. The van der Waals surface area contributed by atoms with Crippen LogP contribution in [0.2, 0.25) is 0 Å². The smallest absolute Gasteiger partial charge is 0.270 e. The van der Waals surface area contributed by atoms with Crippen molar-refractivity contribution in [2.75, 3.05) is 33.9 Å². The molecule has 1 N–H and O–H groups in total. The molecule has 0 spiro atoms. The van der Waals surface area contributed by atoms with Crippen LogP contribution in [0.4, 0.5) is 5.69 Å². The van der Waals surface area contributed by atoms with Gasteiger partial charge in [-0.3, -0.25) is 19.7 Å². The van der Waals surface area contributed by atoms with Crippen molar-refractivity contribution in [1.29, 1.82) is 0 Å². The molecule has 0 heterocycles. The fourth-order valence-electron chi connectivity index (χ4n) is 1.76. The van der Waals surface area contributed by atoms with Gasteiger partial charge in [-0.05, 0) is 12.5 Å². The van der Waals surface area contributed by atoms with Crippen molar-refractivity contribution in [2.24, 2.45) is 0 Å². The molecule has 2 amide bonds. The lowest BCUT2D eigenvalue weighted by Gasteiger charge is -2.16. The summed E-state index contributed by atoms with van der Waals surface area (Å²) in [5.41, 5.74) is 0.00662. The molecule has 1 rings (SSSR count). The second-order valence-electron chi connectivity index (χ2n) is 4.66. The fourth-order valence-corrected chi connectivity index (χ4v) is 1.76. The zero-order chi connectivity index (χ0) is 16.5. The van der Waals surface area contributed by atoms with Crippen LogP contribution in [-0.4, -0.2) is 55.5 Å². The topological polar surface area (TPSA) is 102 Å². The number of ether oxygens (including phenoxy) is 1. The third kappa shape index (κ3) is 5.49. The highest BCUT2D eigenvalue weighted by molar-refractivity contribution is 5.96. The van der Waals surface area contributed by atoms with E-state index in [1.165, 1.54) is 36.2 Å². The second-order valence-corrected chi connectivity index (χ2v) is 4.66. The van der Waals surface area contributed by atoms with Crippen LogP contribution in [0, 0.1) is 10.1 Å². The lowest BCUT2D eigenvalue weighted by atomic mass is 10.2. The van der Waals surface area contributed by atoms with Crippen molar-refractivity contribution in [3.63, 3.8) is 0 Å². The molecule has 0 saturated carbocycles. The minimum Gasteiger partial charge on any atom is -0.385 e. The van der Waals surface area contributed by atoms with Crippen molar-refractivity contribution in [1.82, 2.24) is 10.2 Å². The lowest BCUT2D eigenvalue weighted by molar-refractivity contribution is -0.384. The molecule has 0 aliphatic rings. The summed E-state index contributed by atoms with van der Waals surface area (Å²) in [5.74, 6) is -0.742. The minimum atomic E-state index is -0.570. The van der Waals surface area contributed by atoms with Gasteiger partial charge in [0, 0.05) is 45.0 Å². The fraction of sp³-hybridized carbons (Fsp3) is 0.429. The third-order valence-electron chi connectivity index (χ3n) is 2.88. The first-order valence-electron chi connectivity index (χ1n) is 6.71. The van der Waals surface area contributed by atoms with Crippen molar-refractivity contribution < 1.29 is 19.2 Å². The summed E-state index contributed by atoms with van der Waals surface area (Å²) in [6, 6.07) is 5.40. The molecule has 22 heavy (non-hydrogen) atoms. The number of carbonyl (C=O) groups is 2. The number of amides is 2. The highest BCUT2D eigenvalue weighted by atomic mass is 16.6. The van der Waals surface area contributed by atoms with Gasteiger partial charge in [0.05, 0.1) is 11.5 Å². The standard InChI is InChI=1S/C14H19N3O5/c1-16(10-13(18)15-7-4-8-22-2)14(19)11-5-3-6-12(9-11)17(20)21/h3,5-6,9H,4,7-8,10H2,1-2H3,(H,15,18). The molecule has 0 fully saturated rings. The van der Waals surface area contributed by atoms with Crippen LogP contribution in [0.15, 0.2) is 24.3 Å². The van der Waals surface area contributed by atoms with Crippen LogP contribution < -0.4 is 5.32 Å². The minimum absolute atomic E-state index is 0.117. The number of likely N-dealkylation sites (N-methyl/N-ethyl adjacent to an activating group) is 1. The maximum absolute atomic E-state index is 12.1. The second kappa shape index (κ2) is 8.73. The average molecular weight is 309 g/mol. The van der Waals surface area contributed by atoms with Gasteiger partial charge in [0.25, 0.3) is 11.6 Å². The van der Waals surface area contributed by atoms with E-state index >= 15 is 0 Å². The molecule has 0 atom stereocenters. The summed E-state index contributed by atoms with van der Waals surface area (Å²) in [5, 5.41) is 13.4. The number of rotatable bonds is 8. The molecule has 8 nitrogen and oxygen atoms in total. The number of hydrogen-bond donors (Lipinski definition) is 1. The monoisotopic (exact) mass is 309 g/mol. The van der Waals surface area contributed by atoms with Gasteiger partial charge in [0.15, 0.2) is 0 Å². The molecule has 1 aromatic carbocycles. The number of non-ortho nitro benzene ring substituents is 1. The van der Waals surface area contributed by atoms with E-state index in [0.29, 0.717) is 19.6 Å². The molecular weight excluding hydrogens is 290 g/mol. The van der Waals surface area contributed by atoms with Gasteiger partial charge in [0.2, 0.25) is 5.91 Å². The molecule has 120 valence electrons. The number of carbonyl (C=O) groups excluding carboxylic acids is 2. The Morgan fingerprint density at radius 3 is 2.77 bits per heavy atom. The molecule has 8 heteroatoms. The van der Waals surface area contributed by atoms with E-state index < -0.39 is 10.8 Å². The van der Waals surface area contributed by atoms with Gasteiger partial charge < -0.3 is 15.0 Å². The van der Waals surface area contributed by atoms with Gasteiger partial charge in [-0.25, -0.2) is 0 Å². The molecule has 0 aliphatic heterocycles. The largest absolute Gasteiger partial charge is 0.385 e. The van der Waals surface area contributed by atoms with E-state index in [-0.39, 0.29) is 23.7 Å². The Morgan fingerprint density at radius 1 is 1.41 bits per heavy atom. The van der Waals surface area contributed by atoms with Gasteiger partial charge in [0.1, 0.15) is 0 Å². The number of nitrogens with one attached hydrogen (secondary N) is 1. The van der Waals surface area contributed by atoms with E-state index in [0.717, 1.165) is 0 Å². The molecule has 0 aliphatic carbocycles. The first-order valence-corrected chi connectivity index (χ1v) is 6.71. The normalized spacial score (nSPS) is 10.1. The Hall–Kier alpha value is -2.48. The molecule has 0 aromatic heterocycles. The van der Waals surface area contributed by atoms with E-state index in [1.54, 1.807) is 7.11 Å². The Bertz CT molecular complexity index is 547. The van der Waals surface area contributed by atoms with Crippen LogP contribution >= 0.6 is 0 Å². The summed E-state index contributed by atoms with van der Waals surface area (Å²) in [6.07, 6.45) is 0.685. The number of nitro groups is 1. The lowest BCUT2D eigenvalue weighted by Crippen LogP contribution is -2.38. The number of nitro benzene ring substituents is 1.